The highest BCUT2D eigenvalue weighted by Gasteiger charge is 2.20. The molecule has 0 spiro atoms. The molecule has 0 unspecified atom stereocenters. The van der Waals surface area contributed by atoms with E-state index in [-0.39, 0.29) is 5.97 Å². The summed E-state index contributed by atoms with van der Waals surface area (Å²) < 4.78 is 4.70. The number of ether oxygens (including phenoxy) is 1. The number of nitrogens with one attached hydrogen (secondary N) is 1. The third kappa shape index (κ3) is 2.64. The fourth-order valence-electron chi connectivity index (χ4n) is 2.37. The van der Waals surface area contributed by atoms with Gasteiger partial charge in [-0.1, -0.05) is 6.92 Å². The molecule has 0 amide bonds. The molecule has 4 nitrogen and oxygen atoms in total. The van der Waals surface area contributed by atoms with E-state index in [0.29, 0.717) is 11.6 Å². The van der Waals surface area contributed by atoms with Crippen molar-refractivity contribution >= 4 is 11.7 Å². The van der Waals surface area contributed by atoms with Gasteiger partial charge in [-0.3, -0.25) is 0 Å². The van der Waals surface area contributed by atoms with Gasteiger partial charge in [0.2, 0.25) is 0 Å². The van der Waals surface area contributed by atoms with Crippen LogP contribution in [0.5, 0.6) is 0 Å². The summed E-state index contributed by atoms with van der Waals surface area (Å²) in [6, 6.07) is 8.19. The Balaban J connectivity index is 2.15. The summed E-state index contributed by atoms with van der Waals surface area (Å²) in [6.07, 6.45) is 1.12. The van der Waals surface area contributed by atoms with Crippen LogP contribution in [-0.2, 0) is 4.74 Å². The number of carbonyl (C=O) groups is 1. The van der Waals surface area contributed by atoms with Crippen LogP contribution in [0, 0.1) is 0 Å². The first-order chi connectivity index (χ1) is 8.76. The smallest absolute Gasteiger partial charge is 0.337 e. The maximum atomic E-state index is 11.4. The minimum atomic E-state index is -0.283. The molecule has 98 valence electrons. The minimum absolute atomic E-state index is 0.283. The molecule has 0 aromatic heterocycles. The van der Waals surface area contributed by atoms with Crippen molar-refractivity contribution in [2.75, 3.05) is 31.6 Å². The van der Waals surface area contributed by atoms with E-state index in [9.17, 15) is 4.79 Å². The molecule has 1 aliphatic heterocycles. The lowest BCUT2D eigenvalue weighted by Gasteiger charge is -2.37. The minimum Gasteiger partial charge on any atom is -0.465 e. The number of esters is 1. The number of carbonyl (C=O) groups excluding carboxylic acids is 1. The number of rotatable bonds is 3. The fourth-order valence-corrected chi connectivity index (χ4v) is 2.37. The summed E-state index contributed by atoms with van der Waals surface area (Å²) in [6.45, 7) is 5.24. The Labute approximate surface area is 108 Å². The lowest BCUT2D eigenvalue weighted by molar-refractivity contribution is 0.0601. The van der Waals surface area contributed by atoms with Crippen LogP contribution >= 0.6 is 0 Å². The van der Waals surface area contributed by atoms with Crippen LogP contribution < -0.4 is 10.2 Å². The highest BCUT2D eigenvalue weighted by atomic mass is 16.5. The lowest BCUT2D eigenvalue weighted by Crippen LogP contribution is -2.51. The molecule has 1 aromatic carbocycles. The molecule has 1 fully saturated rings. The Kier molecular flexibility index (Phi) is 4.20. The lowest BCUT2D eigenvalue weighted by atomic mass is 10.1. The summed E-state index contributed by atoms with van der Waals surface area (Å²) in [4.78, 5) is 13.8. The van der Waals surface area contributed by atoms with E-state index >= 15 is 0 Å². The molecule has 0 radical (unpaired) electrons. The first kappa shape index (κ1) is 12.9. The number of anilines is 1. The standard InChI is InChI=1S/C14H20N2O2/c1-3-12-10-15-8-9-16(12)13-6-4-11(5-7-13)14(17)18-2/h4-7,12,15H,3,8-10H2,1-2H3/t12-/m0/s1. The molecule has 2 rings (SSSR count). The number of hydrogen-bond donors (Lipinski definition) is 1. The van der Waals surface area contributed by atoms with Crippen LogP contribution in [0.15, 0.2) is 24.3 Å². The van der Waals surface area contributed by atoms with Gasteiger partial charge in [-0.05, 0) is 30.7 Å². The van der Waals surface area contributed by atoms with Crippen LogP contribution in [0.2, 0.25) is 0 Å². The summed E-state index contributed by atoms with van der Waals surface area (Å²) in [5.74, 6) is -0.283. The zero-order valence-corrected chi connectivity index (χ0v) is 11.0. The van der Waals surface area contributed by atoms with E-state index in [1.54, 1.807) is 0 Å². The van der Waals surface area contributed by atoms with Crippen molar-refractivity contribution < 1.29 is 9.53 Å². The van der Waals surface area contributed by atoms with Crippen molar-refractivity contribution in [2.45, 2.75) is 19.4 Å². The number of benzene rings is 1. The van der Waals surface area contributed by atoms with Crippen molar-refractivity contribution in [2.24, 2.45) is 0 Å². The molecule has 1 N–H and O–H groups in total. The number of piperazine rings is 1. The average Bonchev–Trinajstić information content (AvgIpc) is 2.46. The Morgan fingerprint density at radius 3 is 2.78 bits per heavy atom. The second-order valence-corrected chi connectivity index (χ2v) is 4.50. The van der Waals surface area contributed by atoms with Gasteiger partial charge >= 0.3 is 5.97 Å². The third-order valence-corrected chi connectivity index (χ3v) is 3.44. The molecule has 1 aromatic rings. The molecule has 1 aliphatic rings. The number of nitrogens with zero attached hydrogens (tertiary/aromatic N) is 1. The van der Waals surface area contributed by atoms with Gasteiger partial charge in [0, 0.05) is 31.4 Å². The highest BCUT2D eigenvalue weighted by Crippen LogP contribution is 2.20. The predicted molar refractivity (Wildman–Crippen MR) is 72.1 cm³/mol. The first-order valence-electron chi connectivity index (χ1n) is 6.42. The SMILES string of the molecule is CC[C@H]1CNCCN1c1ccc(C(=O)OC)cc1. The maximum absolute atomic E-state index is 11.4. The van der Waals surface area contributed by atoms with Gasteiger partial charge in [-0.15, -0.1) is 0 Å². The van der Waals surface area contributed by atoms with Crippen molar-refractivity contribution in [3.8, 4) is 0 Å². The van der Waals surface area contributed by atoms with Gasteiger partial charge in [0.25, 0.3) is 0 Å². The molecule has 1 heterocycles. The molecule has 18 heavy (non-hydrogen) atoms. The zero-order chi connectivity index (χ0) is 13.0. The molecular weight excluding hydrogens is 228 g/mol. The van der Waals surface area contributed by atoms with Gasteiger partial charge in [-0.2, -0.15) is 0 Å². The van der Waals surface area contributed by atoms with Crippen molar-refractivity contribution in [3.05, 3.63) is 29.8 Å². The van der Waals surface area contributed by atoms with Crippen LogP contribution in [0.4, 0.5) is 5.69 Å². The van der Waals surface area contributed by atoms with E-state index in [0.717, 1.165) is 26.1 Å². The summed E-state index contributed by atoms with van der Waals surface area (Å²) in [7, 11) is 1.40. The normalized spacial score (nSPS) is 19.7. The number of hydrogen-bond acceptors (Lipinski definition) is 4. The monoisotopic (exact) mass is 248 g/mol. The van der Waals surface area contributed by atoms with Gasteiger partial charge in [0.1, 0.15) is 0 Å². The molecule has 0 saturated carbocycles. The largest absolute Gasteiger partial charge is 0.465 e. The zero-order valence-electron chi connectivity index (χ0n) is 11.0. The van der Waals surface area contributed by atoms with Crippen molar-refractivity contribution in [1.29, 1.82) is 0 Å². The summed E-state index contributed by atoms with van der Waals surface area (Å²) in [5, 5.41) is 3.41. The molecule has 0 bridgehead atoms. The van der Waals surface area contributed by atoms with Crippen LogP contribution in [-0.4, -0.2) is 38.8 Å². The van der Waals surface area contributed by atoms with Crippen LogP contribution in [0.3, 0.4) is 0 Å². The van der Waals surface area contributed by atoms with Gasteiger partial charge in [0.15, 0.2) is 0 Å². The van der Waals surface area contributed by atoms with E-state index in [1.165, 1.54) is 12.8 Å². The van der Waals surface area contributed by atoms with Crippen molar-refractivity contribution in [3.63, 3.8) is 0 Å². The topological polar surface area (TPSA) is 41.6 Å². The van der Waals surface area contributed by atoms with Crippen LogP contribution in [0.1, 0.15) is 23.7 Å². The van der Waals surface area contributed by atoms with E-state index in [4.69, 9.17) is 4.74 Å². The van der Waals surface area contributed by atoms with E-state index in [2.05, 4.69) is 17.1 Å². The second-order valence-electron chi connectivity index (χ2n) is 4.50. The highest BCUT2D eigenvalue weighted by molar-refractivity contribution is 5.89. The fraction of sp³-hybridized carbons (Fsp3) is 0.500. The van der Waals surface area contributed by atoms with Gasteiger partial charge in [-0.25, -0.2) is 4.79 Å². The maximum Gasteiger partial charge on any atom is 0.337 e. The van der Waals surface area contributed by atoms with E-state index in [1.807, 2.05) is 24.3 Å². The predicted octanol–water partition coefficient (Wildman–Crippen LogP) is 1.66. The molecule has 4 heteroatoms. The Morgan fingerprint density at radius 2 is 2.17 bits per heavy atom. The Morgan fingerprint density at radius 1 is 1.44 bits per heavy atom. The Hall–Kier alpha value is -1.55. The van der Waals surface area contributed by atoms with Crippen LogP contribution in [0.25, 0.3) is 0 Å². The summed E-state index contributed by atoms with van der Waals surface area (Å²) >= 11 is 0. The molecule has 1 atom stereocenters. The van der Waals surface area contributed by atoms with Crippen molar-refractivity contribution in [1.82, 2.24) is 5.32 Å². The molecule has 0 aliphatic carbocycles. The second kappa shape index (κ2) is 5.87. The van der Waals surface area contributed by atoms with Gasteiger partial charge in [0.05, 0.1) is 12.7 Å². The van der Waals surface area contributed by atoms with E-state index < -0.39 is 0 Å². The molecule has 1 saturated heterocycles. The Bertz CT molecular complexity index is 403. The third-order valence-electron chi connectivity index (χ3n) is 3.44. The quantitative estimate of drug-likeness (QED) is 0.826. The number of methoxy groups -OCH3 is 1. The first-order valence-corrected chi connectivity index (χ1v) is 6.42. The summed E-state index contributed by atoms with van der Waals surface area (Å²) in [5.41, 5.74) is 1.78. The molecular formula is C14H20N2O2. The average molecular weight is 248 g/mol. The van der Waals surface area contributed by atoms with Gasteiger partial charge < -0.3 is 15.0 Å².